The predicted octanol–water partition coefficient (Wildman–Crippen LogP) is 5.94. The molecule has 19 atom stereocenters. The fraction of sp³-hybridized carbons (Fsp3) is 0.716. The first-order valence-corrected chi connectivity index (χ1v) is 31.1. The van der Waals surface area contributed by atoms with Gasteiger partial charge in [0.15, 0.2) is 11.6 Å². The number of fused-ring (bicyclic) bond motifs is 2. The summed E-state index contributed by atoms with van der Waals surface area (Å²) in [6.07, 6.45) is 8.81. The van der Waals surface area contributed by atoms with E-state index < -0.39 is 100 Å². The van der Waals surface area contributed by atoms with Crippen molar-refractivity contribution in [2.45, 2.75) is 257 Å². The molecule has 2 spiro atoms. The first kappa shape index (κ1) is 69.1. The molecular weight excluding hydrogens is 1100 g/mol. The summed E-state index contributed by atoms with van der Waals surface area (Å²) in [7, 11) is 1.56. The molecule has 468 valence electrons. The number of carbonyl (C=O) groups excluding carboxylic acids is 3. The van der Waals surface area contributed by atoms with Gasteiger partial charge >= 0.3 is 29.6 Å². The van der Waals surface area contributed by atoms with Gasteiger partial charge in [0.1, 0.15) is 46.1 Å². The Kier molecular flexibility index (Phi) is 21.6. The molecule has 18 heteroatoms. The third-order valence-electron chi connectivity index (χ3n) is 20.3. The summed E-state index contributed by atoms with van der Waals surface area (Å²) in [6.45, 7) is 27.0. The van der Waals surface area contributed by atoms with Crippen LogP contribution in [0, 0.1) is 41.4 Å². The van der Waals surface area contributed by atoms with Gasteiger partial charge in [0.05, 0.1) is 72.2 Å². The van der Waals surface area contributed by atoms with Crippen LogP contribution in [0.3, 0.4) is 0 Å². The van der Waals surface area contributed by atoms with Gasteiger partial charge in [-0.3, -0.25) is 9.59 Å². The van der Waals surface area contributed by atoms with Crippen LogP contribution in [-0.4, -0.2) is 133 Å². The van der Waals surface area contributed by atoms with Crippen LogP contribution in [0.4, 0.5) is 0 Å². The van der Waals surface area contributed by atoms with Crippen LogP contribution in [0.5, 0.6) is 23.0 Å². The Labute approximate surface area is 526 Å². The number of phenols is 1. The number of Topliss-reactive ketones (excluding diaryl/α,β-unsaturated/α-hetero) is 2. The quantitative estimate of drug-likeness (QED) is 0.0741. The van der Waals surface area contributed by atoms with E-state index in [0.717, 1.165) is 12.0 Å². The van der Waals surface area contributed by atoms with Crippen LogP contribution in [0.25, 0.3) is 6.08 Å². The summed E-state index contributed by atoms with van der Waals surface area (Å²) in [5.74, 6) is -4.86. The van der Waals surface area contributed by atoms with Gasteiger partial charge < -0.3 is 73.3 Å². The first-order valence-electron chi connectivity index (χ1n) is 31.1. The van der Waals surface area contributed by atoms with E-state index in [-0.39, 0.29) is 88.8 Å². The van der Waals surface area contributed by atoms with E-state index in [1.807, 2.05) is 79.7 Å². The number of benzene rings is 2. The molecule has 2 aromatic rings. The minimum Gasteiger partial charge on any atom is -0.550 e. The standard InChI is InChI=1S/C42H70O11.C25H28O6.Na/c1-11-29(38(46)47)31-15-14-23(4)36(50-31)27(8)34(44)26(7)35(45)30(12-2)37-24(5)22-25(6)41(51-37)19-16-32(43)42(53-41)21-20-39(10,52-42)33-17-18-40(48,13-3)28(9)49-33;1-24(2)9-8-16-20(30-24)7-6-14(23(16)29-5)11-18(26)17-10-15-12-22(28)25(3,4)31-21(15)13-19(17)27;/h16,19,23-34,36-37,43-44,48H,11-15,17-18,20-22H2,1-10H3,(H,46,47);6-10,13,22,27-28H,11-12H2,1-5H3;/q;;+1/p-1. The minimum absolute atomic E-state index is 0. The van der Waals surface area contributed by atoms with Crippen LogP contribution in [0.2, 0.25) is 0 Å². The maximum Gasteiger partial charge on any atom is 1.00 e. The van der Waals surface area contributed by atoms with E-state index in [1.165, 1.54) is 6.07 Å². The minimum atomic E-state index is -1.37. The number of aliphatic hydroxyl groups is 4. The van der Waals surface area contributed by atoms with Crippen molar-refractivity contribution in [3.8, 4) is 23.0 Å². The van der Waals surface area contributed by atoms with Crippen molar-refractivity contribution in [3.63, 3.8) is 0 Å². The molecule has 4 fully saturated rings. The second-order valence-corrected chi connectivity index (χ2v) is 27.1. The zero-order chi connectivity index (χ0) is 61.8. The number of carbonyl (C=O) groups is 3. The Bertz CT molecular complexity index is 2780. The van der Waals surface area contributed by atoms with Crippen LogP contribution < -0.4 is 48.9 Å². The molecule has 17 nitrogen and oxygen atoms in total. The van der Waals surface area contributed by atoms with E-state index in [0.29, 0.717) is 92.6 Å². The molecular formula is C67H97NaO17. The molecule has 85 heavy (non-hydrogen) atoms. The van der Waals surface area contributed by atoms with Crippen molar-refractivity contribution in [1.29, 1.82) is 0 Å². The number of carboxylic acid groups (broad SMARTS) is 1. The molecule has 7 aliphatic rings. The molecule has 19 unspecified atom stereocenters. The number of ether oxygens (including phenoxy) is 8. The van der Waals surface area contributed by atoms with Gasteiger partial charge in [-0.1, -0.05) is 61.5 Å². The number of rotatable bonds is 16. The van der Waals surface area contributed by atoms with Crippen LogP contribution in [-0.2, 0) is 46.1 Å². The number of methoxy groups -OCH3 is 1. The SMILES string of the molecule is CCC(C(=O)[O-])C1CCC(C)C(C(C)C(O)C(C)C(=O)C(CC)C2OC3(C=CC(O)C4(CCC(C)(C5CCC(O)(CC)C(C)O5)O4)O3)C(C)CC2C)O1.COc1c(CC(=O)c2cc3c(cc2O)OC(C)(C)C(O)C3)ccc2c1C=CC(C)(C)O2.[Na+]. The number of ketones is 2. The van der Waals surface area contributed by atoms with E-state index in [9.17, 15) is 45.0 Å². The monoisotopic (exact) mass is 1200 g/mol. The fourth-order valence-electron chi connectivity index (χ4n) is 14.5. The number of phenolic OH excluding ortho intramolecular Hbond substituents is 1. The summed E-state index contributed by atoms with van der Waals surface area (Å²) in [6, 6.07) is 6.72. The van der Waals surface area contributed by atoms with E-state index >= 15 is 0 Å². The topological polar surface area (TPSA) is 249 Å². The summed E-state index contributed by atoms with van der Waals surface area (Å²) < 4.78 is 50.8. The molecule has 4 saturated heterocycles. The molecule has 5 N–H and O–H groups in total. The molecule has 0 radical (unpaired) electrons. The second-order valence-electron chi connectivity index (χ2n) is 27.1. The normalized spacial score (nSPS) is 36.1. The summed E-state index contributed by atoms with van der Waals surface area (Å²) >= 11 is 0. The van der Waals surface area contributed by atoms with Gasteiger partial charge in [-0.2, -0.15) is 0 Å². The van der Waals surface area contributed by atoms with Crippen molar-refractivity contribution >= 4 is 23.6 Å². The Morgan fingerprint density at radius 2 is 1.53 bits per heavy atom. The van der Waals surface area contributed by atoms with Gasteiger partial charge in [-0.05, 0) is 153 Å². The maximum atomic E-state index is 14.4. The maximum absolute atomic E-state index is 14.4. The van der Waals surface area contributed by atoms with E-state index in [2.05, 4.69) is 20.8 Å². The van der Waals surface area contributed by atoms with Crippen molar-refractivity contribution in [2.75, 3.05) is 7.11 Å². The van der Waals surface area contributed by atoms with Gasteiger partial charge in [0, 0.05) is 66.5 Å². The predicted molar refractivity (Wildman–Crippen MR) is 313 cm³/mol. The average molecular weight is 1200 g/mol. The number of aromatic hydroxyl groups is 1. The van der Waals surface area contributed by atoms with Crippen molar-refractivity contribution in [3.05, 3.63) is 64.7 Å². The summed E-state index contributed by atoms with van der Waals surface area (Å²) in [5.41, 5.74) is -0.416. The second kappa shape index (κ2) is 26.6. The zero-order valence-electron chi connectivity index (χ0n) is 53.4. The third kappa shape index (κ3) is 13.8. The summed E-state index contributed by atoms with van der Waals surface area (Å²) in [4.78, 5) is 39.3. The van der Waals surface area contributed by atoms with Gasteiger partial charge in [-0.15, -0.1) is 0 Å². The van der Waals surface area contributed by atoms with Crippen LogP contribution in [0.1, 0.15) is 188 Å². The number of aliphatic carboxylic acids is 1. The Morgan fingerprint density at radius 1 is 0.835 bits per heavy atom. The van der Waals surface area contributed by atoms with Crippen molar-refractivity contribution < 1.29 is 112 Å². The average Bonchev–Trinajstić information content (AvgIpc) is 1.92. The molecule has 9 rings (SSSR count). The number of aliphatic hydroxyl groups excluding tert-OH is 3. The Balaban J connectivity index is 0.000000274. The van der Waals surface area contributed by atoms with Gasteiger partial charge in [-0.25, -0.2) is 0 Å². The van der Waals surface area contributed by atoms with Crippen LogP contribution in [0.15, 0.2) is 42.5 Å². The molecule has 0 aliphatic carbocycles. The molecule has 0 amide bonds. The van der Waals surface area contributed by atoms with Crippen molar-refractivity contribution in [2.24, 2.45) is 41.4 Å². The molecule has 0 saturated carbocycles. The first-order chi connectivity index (χ1) is 39.3. The molecule has 7 heterocycles. The van der Waals surface area contributed by atoms with E-state index in [4.69, 9.17) is 37.9 Å². The Hall–Kier alpha value is -3.43. The number of hydrogen-bond acceptors (Lipinski definition) is 17. The van der Waals surface area contributed by atoms with Crippen LogP contribution >= 0.6 is 0 Å². The van der Waals surface area contributed by atoms with Crippen molar-refractivity contribution in [1.82, 2.24) is 0 Å². The molecule has 0 aromatic heterocycles. The van der Waals surface area contributed by atoms with Gasteiger partial charge in [0.2, 0.25) is 5.79 Å². The zero-order valence-corrected chi connectivity index (χ0v) is 55.4. The largest absolute Gasteiger partial charge is 1.00 e. The molecule has 7 aliphatic heterocycles. The molecule has 0 bridgehead atoms. The number of carboxylic acids is 1. The van der Waals surface area contributed by atoms with E-state index in [1.54, 1.807) is 46.1 Å². The van der Waals surface area contributed by atoms with Gasteiger partial charge in [0.25, 0.3) is 0 Å². The summed E-state index contributed by atoms with van der Waals surface area (Å²) in [5, 5.41) is 66.8. The third-order valence-corrected chi connectivity index (χ3v) is 20.3. The smallest absolute Gasteiger partial charge is 0.550 e. The Morgan fingerprint density at radius 3 is 2.16 bits per heavy atom. The number of hydrogen-bond donors (Lipinski definition) is 5. The molecule has 2 aromatic carbocycles. The fourth-order valence-corrected chi connectivity index (χ4v) is 14.5.